The minimum atomic E-state index is -0.725. The van der Waals surface area contributed by atoms with Gasteiger partial charge in [-0.05, 0) is 23.8 Å². The van der Waals surface area contributed by atoms with Crippen LogP contribution in [0.5, 0.6) is 11.5 Å². The van der Waals surface area contributed by atoms with Crippen LogP contribution in [0.1, 0.15) is 12.5 Å². The smallest absolute Gasteiger partial charge is 0.331 e. The average molecular weight is 341 g/mol. The van der Waals surface area contributed by atoms with E-state index >= 15 is 0 Å². The Balaban J connectivity index is 1.85. The number of carbonyl (C=O) groups excluding carboxylic acids is 3. The van der Waals surface area contributed by atoms with E-state index in [0.717, 1.165) is 6.08 Å². The van der Waals surface area contributed by atoms with E-state index in [1.54, 1.807) is 12.1 Å². The first kappa shape index (κ1) is 16.6. The highest BCUT2D eigenvalue weighted by molar-refractivity contribution is 6.32. The molecule has 9 heteroatoms. The molecule has 0 saturated heterocycles. The number of nitrogens with one attached hydrogen (secondary N) is 2. The van der Waals surface area contributed by atoms with Gasteiger partial charge in [0.15, 0.2) is 18.1 Å². The predicted octanol–water partition coefficient (Wildman–Crippen LogP) is 0.792. The Labute approximate surface area is 136 Å². The third-order valence-corrected chi connectivity index (χ3v) is 2.87. The van der Waals surface area contributed by atoms with Crippen LogP contribution in [0.2, 0.25) is 5.02 Å². The fraction of sp³-hybridized carbons (Fsp3) is 0.214. The number of benzene rings is 1. The maximum Gasteiger partial charge on any atom is 0.331 e. The number of hydrazine groups is 1. The predicted molar refractivity (Wildman–Crippen MR) is 79.5 cm³/mol. The van der Waals surface area contributed by atoms with Gasteiger partial charge in [0.2, 0.25) is 12.7 Å². The molecule has 0 spiro atoms. The van der Waals surface area contributed by atoms with Crippen molar-refractivity contribution >= 4 is 35.5 Å². The summed E-state index contributed by atoms with van der Waals surface area (Å²) in [5.41, 5.74) is 4.74. The van der Waals surface area contributed by atoms with Crippen molar-refractivity contribution in [1.29, 1.82) is 0 Å². The van der Waals surface area contributed by atoms with E-state index in [0.29, 0.717) is 22.1 Å². The summed E-state index contributed by atoms with van der Waals surface area (Å²) in [6.45, 7) is 0.796. The molecule has 1 aromatic carbocycles. The first-order valence-corrected chi connectivity index (χ1v) is 6.83. The minimum Gasteiger partial charge on any atom is -0.454 e. The standard InChI is InChI=1S/C14H13ClN2O6/c1-8(18)16-17-12(19)6-21-13(20)3-2-9-4-10(15)14-11(5-9)22-7-23-14/h2-5H,6-7H2,1H3,(H,16,18)(H,17,19)/b3-2+. The fourth-order valence-corrected chi connectivity index (χ4v) is 1.90. The monoisotopic (exact) mass is 340 g/mol. The molecule has 1 aliphatic heterocycles. The van der Waals surface area contributed by atoms with Gasteiger partial charge in [-0.2, -0.15) is 0 Å². The molecule has 2 rings (SSSR count). The van der Waals surface area contributed by atoms with Crippen LogP contribution in [0.15, 0.2) is 18.2 Å². The highest BCUT2D eigenvalue weighted by Gasteiger charge is 2.17. The van der Waals surface area contributed by atoms with Crippen LogP contribution in [0.25, 0.3) is 6.08 Å². The third-order valence-electron chi connectivity index (χ3n) is 2.58. The third kappa shape index (κ3) is 4.89. The van der Waals surface area contributed by atoms with Gasteiger partial charge < -0.3 is 14.2 Å². The Hall–Kier alpha value is -2.74. The van der Waals surface area contributed by atoms with Crippen molar-refractivity contribution in [3.8, 4) is 11.5 Å². The molecule has 1 aromatic rings. The first-order valence-electron chi connectivity index (χ1n) is 6.45. The van der Waals surface area contributed by atoms with Crippen molar-refractivity contribution in [2.75, 3.05) is 13.4 Å². The summed E-state index contributed by atoms with van der Waals surface area (Å²) in [5, 5.41) is 0.364. The molecule has 2 N–H and O–H groups in total. The highest BCUT2D eigenvalue weighted by atomic mass is 35.5. The summed E-state index contributed by atoms with van der Waals surface area (Å²) in [7, 11) is 0. The number of ether oxygens (including phenoxy) is 3. The van der Waals surface area contributed by atoms with E-state index in [2.05, 4.69) is 10.9 Å². The Morgan fingerprint density at radius 2 is 2.09 bits per heavy atom. The molecule has 0 fully saturated rings. The van der Waals surface area contributed by atoms with E-state index in [1.807, 2.05) is 0 Å². The second-order valence-electron chi connectivity index (χ2n) is 4.41. The zero-order valence-corrected chi connectivity index (χ0v) is 12.8. The van der Waals surface area contributed by atoms with Crippen LogP contribution in [-0.4, -0.2) is 31.2 Å². The molecule has 1 heterocycles. The molecule has 0 radical (unpaired) electrons. The number of esters is 1. The van der Waals surface area contributed by atoms with Gasteiger partial charge in [-0.25, -0.2) is 4.79 Å². The van der Waals surface area contributed by atoms with Crippen molar-refractivity contribution in [3.05, 3.63) is 28.8 Å². The molecule has 23 heavy (non-hydrogen) atoms. The molecule has 2 amide bonds. The molecule has 0 unspecified atom stereocenters. The highest BCUT2D eigenvalue weighted by Crippen LogP contribution is 2.39. The van der Waals surface area contributed by atoms with Crippen molar-refractivity contribution < 1.29 is 28.6 Å². The largest absolute Gasteiger partial charge is 0.454 e. The summed E-state index contributed by atoms with van der Waals surface area (Å²) in [6.07, 6.45) is 2.60. The minimum absolute atomic E-state index is 0.0909. The zero-order chi connectivity index (χ0) is 16.8. The van der Waals surface area contributed by atoms with Crippen LogP contribution < -0.4 is 20.3 Å². The number of rotatable bonds is 4. The Morgan fingerprint density at radius 1 is 1.30 bits per heavy atom. The maximum atomic E-state index is 11.5. The molecule has 0 atom stereocenters. The van der Waals surface area contributed by atoms with Crippen molar-refractivity contribution in [1.82, 2.24) is 10.9 Å². The van der Waals surface area contributed by atoms with Gasteiger partial charge in [-0.1, -0.05) is 11.6 Å². The Morgan fingerprint density at radius 3 is 2.83 bits per heavy atom. The van der Waals surface area contributed by atoms with Gasteiger partial charge in [0.1, 0.15) is 0 Å². The lowest BCUT2D eigenvalue weighted by Gasteiger charge is -2.04. The molecule has 1 aliphatic rings. The van der Waals surface area contributed by atoms with Crippen molar-refractivity contribution in [2.24, 2.45) is 0 Å². The topological polar surface area (TPSA) is 103 Å². The van der Waals surface area contributed by atoms with Crippen molar-refractivity contribution in [3.63, 3.8) is 0 Å². The Kier molecular flexibility index (Phi) is 5.42. The van der Waals surface area contributed by atoms with Gasteiger partial charge in [-0.3, -0.25) is 20.4 Å². The van der Waals surface area contributed by atoms with Crippen LogP contribution in [0, 0.1) is 0 Å². The number of amides is 2. The normalized spacial score (nSPS) is 12.1. The molecule has 0 bridgehead atoms. The summed E-state index contributed by atoms with van der Waals surface area (Å²) in [4.78, 5) is 33.3. The van der Waals surface area contributed by atoms with E-state index in [-0.39, 0.29) is 6.79 Å². The molecule has 0 aromatic heterocycles. The van der Waals surface area contributed by atoms with Crippen LogP contribution in [0.4, 0.5) is 0 Å². The molecule has 0 aliphatic carbocycles. The lowest BCUT2D eigenvalue weighted by molar-refractivity contribution is -0.144. The second kappa shape index (κ2) is 7.50. The fourth-order valence-electron chi connectivity index (χ4n) is 1.63. The SMILES string of the molecule is CC(=O)NNC(=O)COC(=O)/C=C/c1cc(Cl)c2c(c1)OCO2. The average Bonchev–Trinajstić information content (AvgIpc) is 2.97. The maximum absolute atomic E-state index is 11.5. The lowest BCUT2D eigenvalue weighted by atomic mass is 10.2. The zero-order valence-electron chi connectivity index (χ0n) is 12.1. The van der Waals surface area contributed by atoms with Gasteiger partial charge in [-0.15, -0.1) is 0 Å². The Bertz CT molecular complexity index is 673. The van der Waals surface area contributed by atoms with Gasteiger partial charge in [0.25, 0.3) is 5.91 Å². The van der Waals surface area contributed by atoms with E-state index < -0.39 is 24.4 Å². The first-order chi connectivity index (χ1) is 11.0. The van der Waals surface area contributed by atoms with Crippen LogP contribution in [0.3, 0.4) is 0 Å². The summed E-state index contributed by atoms with van der Waals surface area (Å²) in [5.74, 6) is -0.879. The van der Waals surface area contributed by atoms with Crippen molar-refractivity contribution in [2.45, 2.75) is 6.92 Å². The summed E-state index contributed by atoms with van der Waals surface area (Å²) >= 11 is 6.01. The number of hydrogen-bond acceptors (Lipinski definition) is 6. The lowest BCUT2D eigenvalue weighted by Crippen LogP contribution is -2.42. The van der Waals surface area contributed by atoms with Gasteiger partial charge >= 0.3 is 5.97 Å². The van der Waals surface area contributed by atoms with Crippen LogP contribution in [-0.2, 0) is 19.1 Å². The second-order valence-corrected chi connectivity index (χ2v) is 4.81. The van der Waals surface area contributed by atoms with Gasteiger partial charge in [0.05, 0.1) is 5.02 Å². The molecular weight excluding hydrogens is 328 g/mol. The molecule has 8 nitrogen and oxygen atoms in total. The number of carbonyl (C=O) groups is 3. The quantitative estimate of drug-likeness (QED) is 0.477. The number of halogens is 1. The summed E-state index contributed by atoms with van der Waals surface area (Å²) in [6, 6.07) is 3.25. The molecular formula is C14H13ClN2O6. The van der Waals surface area contributed by atoms with E-state index in [1.165, 1.54) is 13.0 Å². The van der Waals surface area contributed by atoms with E-state index in [4.69, 9.17) is 25.8 Å². The molecule has 0 saturated carbocycles. The van der Waals surface area contributed by atoms with E-state index in [9.17, 15) is 14.4 Å². The summed E-state index contributed by atoms with van der Waals surface area (Å²) < 4.78 is 15.1. The molecule has 122 valence electrons. The van der Waals surface area contributed by atoms with Gasteiger partial charge in [0, 0.05) is 13.0 Å². The van der Waals surface area contributed by atoms with Crippen LogP contribution >= 0.6 is 11.6 Å². The number of hydrogen-bond donors (Lipinski definition) is 2. The number of fused-ring (bicyclic) bond motifs is 1.